The summed E-state index contributed by atoms with van der Waals surface area (Å²) >= 11 is 0. The molecular formula is C22H27FN4O2S. The van der Waals surface area contributed by atoms with Crippen LogP contribution in [0.2, 0.25) is 0 Å². The lowest BCUT2D eigenvalue weighted by atomic mass is 10.0. The predicted octanol–water partition coefficient (Wildman–Crippen LogP) is 3.31. The van der Waals surface area contributed by atoms with E-state index in [1.54, 1.807) is 18.3 Å². The number of benzene rings is 1. The van der Waals surface area contributed by atoms with Gasteiger partial charge < -0.3 is 10.3 Å². The zero-order chi connectivity index (χ0) is 22.1. The minimum absolute atomic E-state index is 0.102. The number of nitrogens with zero attached hydrogens (tertiary/aromatic N) is 3. The first-order valence-electron chi connectivity index (χ1n) is 9.65. The summed E-state index contributed by atoms with van der Waals surface area (Å²) in [4.78, 5) is 4.85. The maximum Gasteiger partial charge on any atom is 0.242 e. The highest BCUT2D eigenvalue weighted by atomic mass is 32.2. The topological polar surface area (TPSA) is 81.2 Å². The molecule has 2 heterocycles. The van der Waals surface area contributed by atoms with Crippen LogP contribution in [0.4, 0.5) is 4.39 Å². The molecule has 3 aromatic rings. The van der Waals surface area contributed by atoms with Crippen molar-refractivity contribution in [3.05, 3.63) is 70.8 Å². The van der Waals surface area contributed by atoms with Crippen molar-refractivity contribution >= 4 is 21.1 Å². The number of halogens is 1. The molecule has 2 N–H and O–H groups in total. The van der Waals surface area contributed by atoms with Gasteiger partial charge in [0.2, 0.25) is 10.0 Å². The molecule has 0 fully saturated rings. The van der Waals surface area contributed by atoms with Gasteiger partial charge in [0.15, 0.2) is 0 Å². The van der Waals surface area contributed by atoms with Gasteiger partial charge in [-0.3, -0.25) is 4.98 Å². The summed E-state index contributed by atoms with van der Waals surface area (Å²) in [6, 6.07) is 8.84. The van der Waals surface area contributed by atoms with Gasteiger partial charge in [0.05, 0.1) is 22.5 Å². The number of hydrogen-bond acceptors (Lipinski definition) is 4. The molecule has 0 aliphatic heterocycles. The van der Waals surface area contributed by atoms with E-state index < -0.39 is 10.0 Å². The van der Waals surface area contributed by atoms with Gasteiger partial charge >= 0.3 is 0 Å². The number of nitrogens with two attached hydrogens (primary N) is 1. The van der Waals surface area contributed by atoms with Crippen molar-refractivity contribution in [3.8, 4) is 0 Å². The molecule has 3 rings (SSSR count). The molecule has 0 spiro atoms. The first-order valence-corrected chi connectivity index (χ1v) is 11.1. The Morgan fingerprint density at radius 1 is 1.23 bits per heavy atom. The number of aryl methyl sites for hydroxylation is 1. The summed E-state index contributed by atoms with van der Waals surface area (Å²) in [5, 5.41) is 0. The van der Waals surface area contributed by atoms with Crippen molar-refractivity contribution < 1.29 is 12.8 Å². The Kier molecular flexibility index (Phi) is 6.40. The molecule has 0 amide bonds. The maximum atomic E-state index is 14.2. The third-order valence-corrected chi connectivity index (χ3v) is 6.98. The van der Waals surface area contributed by atoms with Crippen LogP contribution in [0, 0.1) is 13.8 Å². The molecule has 2 aromatic heterocycles. The second-order valence-corrected chi connectivity index (χ2v) is 9.68. The molecule has 160 valence electrons. The fraction of sp³-hybridized carbons (Fsp3) is 0.318. The molecule has 0 aliphatic rings. The van der Waals surface area contributed by atoms with E-state index in [0.717, 1.165) is 33.4 Å². The Balaban J connectivity index is 2.02. The highest BCUT2D eigenvalue weighted by Crippen LogP contribution is 2.28. The number of rotatable bonds is 7. The van der Waals surface area contributed by atoms with Crippen LogP contribution >= 0.6 is 0 Å². The summed E-state index contributed by atoms with van der Waals surface area (Å²) in [5.74, 6) is -0.288. The van der Waals surface area contributed by atoms with Crippen LogP contribution in [0.5, 0.6) is 0 Å². The fourth-order valence-corrected chi connectivity index (χ4v) is 4.36. The Hall–Kier alpha value is -2.55. The number of fused-ring (bicyclic) bond motifs is 1. The van der Waals surface area contributed by atoms with Crippen LogP contribution in [0.3, 0.4) is 0 Å². The Morgan fingerprint density at radius 2 is 1.90 bits per heavy atom. The molecule has 0 saturated heterocycles. The van der Waals surface area contributed by atoms with Crippen molar-refractivity contribution in [1.82, 2.24) is 13.9 Å². The van der Waals surface area contributed by atoms with Crippen LogP contribution in [0.1, 0.15) is 22.4 Å². The summed E-state index contributed by atoms with van der Waals surface area (Å²) in [6.45, 7) is 4.16. The summed E-state index contributed by atoms with van der Waals surface area (Å²) in [5.41, 5.74) is 11.0. The minimum atomic E-state index is -3.47. The van der Waals surface area contributed by atoms with Gasteiger partial charge in [0, 0.05) is 44.5 Å². The van der Waals surface area contributed by atoms with E-state index in [2.05, 4.69) is 4.98 Å². The second kappa shape index (κ2) is 8.67. The molecule has 0 saturated carbocycles. The number of hydrogen-bond donors (Lipinski definition) is 1. The Bertz CT molecular complexity index is 1200. The monoisotopic (exact) mass is 430 g/mol. The molecule has 0 bridgehead atoms. The van der Waals surface area contributed by atoms with E-state index in [9.17, 15) is 12.8 Å². The molecule has 6 nitrogen and oxygen atoms in total. The maximum absolute atomic E-state index is 14.2. The Labute approximate surface area is 176 Å². The zero-order valence-corrected chi connectivity index (χ0v) is 18.5. The van der Waals surface area contributed by atoms with E-state index in [0.29, 0.717) is 6.42 Å². The lowest BCUT2D eigenvalue weighted by molar-refractivity contribution is 0.520. The quantitative estimate of drug-likeness (QED) is 0.624. The smallest absolute Gasteiger partial charge is 0.242 e. The van der Waals surface area contributed by atoms with Gasteiger partial charge in [-0.1, -0.05) is 12.1 Å². The van der Waals surface area contributed by atoms with E-state index >= 15 is 0 Å². The number of aromatic nitrogens is 2. The van der Waals surface area contributed by atoms with Crippen LogP contribution in [-0.2, 0) is 23.0 Å². The number of sulfonamides is 1. The SMILES string of the molecule is Cc1cnc2c(Cc3ccc(S(=O)(=O)N(C)C)cc3)c(C)n(CC(F)=CCN)c2c1. The summed E-state index contributed by atoms with van der Waals surface area (Å²) in [7, 11) is -0.456. The van der Waals surface area contributed by atoms with Gasteiger partial charge in [-0.2, -0.15) is 0 Å². The molecule has 8 heteroatoms. The molecule has 0 aliphatic carbocycles. The van der Waals surface area contributed by atoms with Gasteiger partial charge in [0.1, 0.15) is 5.83 Å². The van der Waals surface area contributed by atoms with Crippen LogP contribution in [-0.4, -0.2) is 42.9 Å². The molecule has 0 radical (unpaired) electrons. The molecule has 1 aromatic carbocycles. The van der Waals surface area contributed by atoms with Crippen molar-refractivity contribution in [1.29, 1.82) is 0 Å². The van der Waals surface area contributed by atoms with Crippen LogP contribution in [0.15, 0.2) is 53.3 Å². The summed E-state index contributed by atoms with van der Waals surface area (Å²) in [6.07, 6.45) is 3.74. The van der Waals surface area contributed by atoms with Crippen LogP contribution in [0.25, 0.3) is 11.0 Å². The van der Waals surface area contributed by atoms with Crippen molar-refractivity contribution in [2.45, 2.75) is 31.7 Å². The molecule has 0 unspecified atom stereocenters. The third-order valence-electron chi connectivity index (χ3n) is 5.15. The van der Waals surface area contributed by atoms with E-state index in [1.807, 2.05) is 36.6 Å². The highest BCUT2D eigenvalue weighted by Gasteiger charge is 2.19. The first kappa shape index (κ1) is 22.1. The predicted molar refractivity (Wildman–Crippen MR) is 118 cm³/mol. The molecule has 0 atom stereocenters. The van der Waals surface area contributed by atoms with Gasteiger partial charge in [0.25, 0.3) is 0 Å². The number of allylic oxidation sites excluding steroid dienone is 1. The lowest BCUT2D eigenvalue weighted by Gasteiger charge is -2.12. The van der Waals surface area contributed by atoms with Crippen molar-refractivity contribution in [3.63, 3.8) is 0 Å². The fourth-order valence-electron chi connectivity index (χ4n) is 3.46. The average Bonchev–Trinajstić information content (AvgIpc) is 2.93. The standard InChI is InChI=1S/C22H27FN4O2S/c1-15-11-21-22(25-13-15)20(16(2)27(21)14-18(23)9-10-24)12-17-5-7-19(8-6-17)30(28,29)26(3)4/h5-9,11,13H,10,12,14,24H2,1-4H3. The van der Waals surface area contributed by atoms with E-state index in [-0.39, 0.29) is 23.8 Å². The minimum Gasteiger partial charge on any atom is -0.336 e. The van der Waals surface area contributed by atoms with Crippen molar-refractivity contribution in [2.24, 2.45) is 5.73 Å². The van der Waals surface area contributed by atoms with Crippen molar-refractivity contribution in [2.75, 3.05) is 20.6 Å². The van der Waals surface area contributed by atoms with Gasteiger partial charge in [-0.15, -0.1) is 0 Å². The largest absolute Gasteiger partial charge is 0.336 e. The van der Waals surface area contributed by atoms with E-state index in [4.69, 9.17) is 5.73 Å². The Morgan fingerprint density at radius 3 is 2.50 bits per heavy atom. The highest BCUT2D eigenvalue weighted by molar-refractivity contribution is 7.89. The van der Waals surface area contributed by atoms with Gasteiger partial charge in [-0.25, -0.2) is 17.1 Å². The summed E-state index contributed by atoms with van der Waals surface area (Å²) < 4.78 is 41.9. The van der Waals surface area contributed by atoms with Gasteiger partial charge in [-0.05, 0) is 49.2 Å². The average molecular weight is 431 g/mol. The normalized spacial score (nSPS) is 12.8. The van der Waals surface area contributed by atoms with E-state index in [1.165, 1.54) is 24.5 Å². The van der Waals surface area contributed by atoms with Crippen LogP contribution < -0.4 is 5.73 Å². The molecule has 30 heavy (non-hydrogen) atoms. The first-order chi connectivity index (χ1) is 14.1. The molecular weight excluding hydrogens is 403 g/mol. The third kappa shape index (κ3) is 4.30. The second-order valence-electron chi connectivity index (χ2n) is 7.53. The lowest BCUT2D eigenvalue weighted by Crippen LogP contribution is -2.22. The zero-order valence-electron chi connectivity index (χ0n) is 17.7. The number of pyridine rings is 1.